The summed E-state index contributed by atoms with van der Waals surface area (Å²) >= 11 is 0. The van der Waals surface area contributed by atoms with E-state index < -0.39 is 152 Å². The molecular weight excluding hydrogens is 1030 g/mol. The number of aliphatic hydroxyl groups is 2. The molecule has 0 bridgehead atoms. The van der Waals surface area contributed by atoms with Crippen LogP contribution < -0.4 is 10.6 Å². The number of aromatic carboxylic acids is 2. The Kier molecular flexibility index (Phi) is 16.5. The standard InChI is InChI=1S/2C27H23NO11/c2*29-14-6-4-12(5-7-14)25(35)28-17-10-15(30)11-21(17)39-27(38)13-8-19(32)23(20(33)9-13)24(34)22-16(26(36)37)2-1-3-18(22)31/h2*1-9,15,17,21,29-33H,10-11H2,(H,28,35)(H,36,37)/t15-,17+,21-;15-,17-,21+/m10/s1. The molecule has 6 aromatic carbocycles. The van der Waals surface area contributed by atoms with E-state index in [0.29, 0.717) is 0 Å². The van der Waals surface area contributed by atoms with Crippen LogP contribution in [0.2, 0.25) is 0 Å². The molecular formula is C54H46N2O22. The molecule has 6 aromatic rings. The molecule has 2 aliphatic carbocycles. The minimum atomic E-state index is -1.53. The summed E-state index contributed by atoms with van der Waals surface area (Å²) < 4.78 is 10.8. The molecule has 0 unspecified atom stereocenters. The smallest absolute Gasteiger partial charge is 0.338 e. The highest BCUT2D eigenvalue weighted by Gasteiger charge is 2.40. The fourth-order valence-electron chi connectivity index (χ4n) is 8.74. The molecule has 14 N–H and O–H groups in total. The Hall–Kier alpha value is -10.2. The monoisotopic (exact) mass is 1070 g/mol. The van der Waals surface area contributed by atoms with Crippen molar-refractivity contribution in [3.8, 4) is 46.0 Å². The summed E-state index contributed by atoms with van der Waals surface area (Å²) in [6.07, 6.45) is -3.58. The second-order valence-corrected chi connectivity index (χ2v) is 17.8. The third kappa shape index (κ3) is 12.3. The molecule has 0 radical (unpaired) electrons. The summed E-state index contributed by atoms with van der Waals surface area (Å²) in [5, 5.41) is 125. The molecule has 0 saturated heterocycles. The average molecular weight is 1070 g/mol. The number of hydrogen-bond acceptors (Lipinski definition) is 20. The molecule has 24 heteroatoms. The van der Waals surface area contributed by atoms with Crippen molar-refractivity contribution in [2.75, 3.05) is 0 Å². The first-order valence-corrected chi connectivity index (χ1v) is 23.2. The average Bonchev–Trinajstić information content (AvgIpc) is 3.93. The fraction of sp³-hybridized carbons (Fsp3) is 0.185. The summed E-state index contributed by atoms with van der Waals surface area (Å²) in [4.78, 5) is 99.7. The van der Waals surface area contributed by atoms with E-state index in [-0.39, 0.29) is 59.4 Å². The van der Waals surface area contributed by atoms with Gasteiger partial charge in [0.15, 0.2) is 0 Å². The van der Waals surface area contributed by atoms with Crippen LogP contribution >= 0.6 is 0 Å². The number of nitrogens with one attached hydrogen (secondary N) is 2. The zero-order valence-corrected chi connectivity index (χ0v) is 40.1. The van der Waals surface area contributed by atoms with Gasteiger partial charge in [-0.25, -0.2) is 19.2 Å². The van der Waals surface area contributed by atoms with E-state index in [0.717, 1.165) is 48.5 Å². The summed E-state index contributed by atoms with van der Waals surface area (Å²) in [6, 6.07) is 19.2. The van der Waals surface area contributed by atoms with Crippen molar-refractivity contribution in [2.24, 2.45) is 0 Å². The predicted molar refractivity (Wildman–Crippen MR) is 264 cm³/mol. The van der Waals surface area contributed by atoms with Gasteiger partial charge in [0.2, 0.25) is 11.6 Å². The maximum Gasteiger partial charge on any atom is 0.338 e. The van der Waals surface area contributed by atoms with Crippen LogP contribution in [-0.4, -0.2) is 145 Å². The van der Waals surface area contributed by atoms with Crippen LogP contribution in [0.15, 0.2) is 109 Å². The molecule has 0 spiro atoms. The van der Waals surface area contributed by atoms with E-state index in [9.17, 15) is 99.6 Å². The van der Waals surface area contributed by atoms with Crippen molar-refractivity contribution in [1.29, 1.82) is 0 Å². The van der Waals surface area contributed by atoms with Crippen LogP contribution in [0.4, 0.5) is 0 Å². The lowest BCUT2D eigenvalue weighted by Crippen LogP contribution is -2.42. The number of carboxylic acids is 2. The van der Waals surface area contributed by atoms with Gasteiger partial charge in [0.1, 0.15) is 69.3 Å². The second-order valence-electron chi connectivity index (χ2n) is 17.8. The summed E-state index contributed by atoms with van der Waals surface area (Å²) in [7, 11) is 0. The van der Waals surface area contributed by atoms with Gasteiger partial charge in [-0.2, -0.15) is 0 Å². The second kappa shape index (κ2) is 23.1. The molecule has 2 amide bonds. The number of carbonyl (C=O) groups excluding carboxylic acids is 6. The number of aromatic hydroxyl groups is 8. The molecule has 78 heavy (non-hydrogen) atoms. The van der Waals surface area contributed by atoms with E-state index in [4.69, 9.17) is 9.47 Å². The number of carbonyl (C=O) groups is 8. The molecule has 6 atom stereocenters. The molecule has 0 aromatic heterocycles. The van der Waals surface area contributed by atoms with Gasteiger partial charge in [-0.3, -0.25) is 19.2 Å². The Bertz CT molecular complexity index is 3110. The van der Waals surface area contributed by atoms with Gasteiger partial charge in [-0.1, -0.05) is 12.1 Å². The van der Waals surface area contributed by atoms with Crippen LogP contribution in [0, 0.1) is 0 Å². The predicted octanol–water partition coefficient (Wildman–Crippen LogP) is 3.83. The first-order chi connectivity index (χ1) is 36.9. The van der Waals surface area contributed by atoms with Gasteiger partial charge in [0.25, 0.3) is 11.8 Å². The Morgan fingerprint density at radius 1 is 0.397 bits per heavy atom. The van der Waals surface area contributed by atoms with Gasteiger partial charge < -0.3 is 81.4 Å². The van der Waals surface area contributed by atoms with Crippen LogP contribution in [0.3, 0.4) is 0 Å². The zero-order valence-electron chi connectivity index (χ0n) is 40.1. The van der Waals surface area contributed by atoms with E-state index in [1.165, 1.54) is 60.7 Å². The number of ether oxygens (including phenoxy) is 2. The molecule has 404 valence electrons. The maximum absolute atomic E-state index is 13.0. The van der Waals surface area contributed by atoms with Gasteiger partial charge in [0.05, 0.1) is 57.7 Å². The Labute approximate surface area is 438 Å². The van der Waals surface area contributed by atoms with E-state index in [1.54, 1.807) is 0 Å². The van der Waals surface area contributed by atoms with E-state index in [2.05, 4.69) is 10.6 Å². The van der Waals surface area contributed by atoms with Crippen molar-refractivity contribution >= 4 is 47.3 Å². The fourth-order valence-corrected chi connectivity index (χ4v) is 8.74. The van der Waals surface area contributed by atoms with Crippen LogP contribution in [0.25, 0.3) is 0 Å². The quantitative estimate of drug-likeness (QED) is 0.0544. The lowest BCUT2D eigenvalue weighted by molar-refractivity contribution is 0.0220. The van der Waals surface area contributed by atoms with Crippen molar-refractivity contribution in [1.82, 2.24) is 10.6 Å². The minimum absolute atomic E-state index is 0.00789. The Balaban J connectivity index is 0.000000226. The number of hydrogen-bond donors (Lipinski definition) is 14. The number of ketones is 2. The number of rotatable bonds is 14. The number of aliphatic hydroxyl groups excluding tert-OH is 2. The highest BCUT2D eigenvalue weighted by atomic mass is 16.6. The topological polar surface area (TPSA) is 422 Å². The Morgan fingerprint density at radius 3 is 1.03 bits per heavy atom. The minimum Gasteiger partial charge on any atom is -0.508 e. The normalized spacial score (nSPS) is 18.3. The highest BCUT2D eigenvalue weighted by molar-refractivity contribution is 6.19. The third-order valence-electron chi connectivity index (χ3n) is 12.5. The van der Waals surface area contributed by atoms with Crippen molar-refractivity contribution in [3.63, 3.8) is 0 Å². The number of phenols is 8. The lowest BCUT2D eigenvalue weighted by atomic mass is 9.95. The molecule has 2 fully saturated rings. The number of carboxylic acid groups (broad SMARTS) is 2. The molecule has 24 nitrogen and oxygen atoms in total. The van der Waals surface area contributed by atoms with Gasteiger partial charge in [0, 0.05) is 24.0 Å². The van der Waals surface area contributed by atoms with Gasteiger partial charge in [-0.05, 0) is 110 Å². The van der Waals surface area contributed by atoms with E-state index in [1.807, 2.05) is 0 Å². The third-order valence-corrected chi connectivity index (χ3v) is 12.5. The van der Waals surface area contributed by atoms with Gasteiger partial charge in [-0.15, -0.1) is 0 Å². The zero-order chi connectivity index (χ0) is 56.9. The van der Waals surface area contributed by atoms with Crippen LogP contribution in [0.5, 0.6) is 46.0 Å². The van der Waals surface area contributed by atoms with Crippen molar-refractivity contribution in [2.45, 2.75) is 62.2 Å². The highest BCUT2D eigenvalue weighted by Crippen LogP contribution is 2.37. The largest absolute Gasteiger partial charge is 0.508 e. The molecule has 8 rings (SSSR count). The SMILES string of the molecule is O=C(N[C@H]1C[C@@H](O)C[C@H]1OC(=O)c1cc(O)c(C(=O)c2c(O)cccc2C(=O)O)c(O)c1)c1ccc(O)cc1.O=C(N[C@H]1C[C@H](O)C[C@H]1OC(=O)c1cc(O)c(C(=O)c2c(O)cccc2C(=O)O)c(O)c1)c1ccc(O)cc1. The number of amides is 2. The van der Waals surface area contributed by atoms with Gasteiger partial charge >= 0.3 is 23.9 Å². The molecule has 2 saturated carbocycles. The van der Waals surface area contributed by atoms with E-state index >= 15 is 0 Å². The summed E-state index contributed by atoms with van der Waals surface area (Å²) in [6.45, 7) is 0. The lowest BCUT2D eigenvalue weighted by Gasteiger charge is -2.21. The number of esters is 2. The van der Waals surface area contributed by atoms with Crippen molar-refractivity contribution in [3.05, 3.63) is 165 Å². The number of phenolic OH excluding ortho intramolecular Hbond substituents is 8. The molecule has 2 aliphatic rings. The number of benzene rings is 6. The van der Waals surface area contributed by atoms with Crippen LogP contribution in [-0.2, 0) is 9.47 Å². The molecule has 0 heterocycles. The summed E-state index contributed by atoms with van der Waals surface area (Å²) in [5.74, 6) is -13.6. The molecule has 0 aliphatic heterocycles. The first kappa shape index (κ1) is 55.5. The maximum atomic E-state index is 13.0. The van der Waals surface area contributed by atoms with Crippen LogP contribution in [0.1, 0.15) is 120 Å². The summed E-state index contributed by atoms with van der Waals surface area (Å²) in [5.41, 5.74) is -4.25. The Morgan fingerprint density at radius 2 is 0.718 bits per heavy atom. The first-order valence-electron chi connectivity index (χ1n) is 23.2. The van der Waals surface area contributed by atoms with Crippen molar-refractivity contribution < 1.29 is 109 Å².